The van der Waals surface area contributed by atoms with Crippen molar-refractivity contribution in [3.8, 4) is 5.75 Å². The number of hydrogen-bond acceptors (Lipinski definition) is 3. The number of thiophene rings is 1. The molecule has 1 amide bonds. The van der Waals surface area contributed by atoms with Crippen LogP contribution in [0.3, 0.4) is 0 Å². The molecule has 0 saturated carbocycles. The highest BCUT2D eigenvalue weighted by Gasteiger charge is 2.05. The van der Waals surface area contributed by atoms with Crippen LogP contribution in [-0.2, 0) is 4.79 Å². The molecule has 1 heterocycles. The summed E-state index contributed by atoms with van der Waals surface area (Å²) in [6.45, 7) is 0.940. The fraction of sp³-hybridized carbons (Fsp3) is 0.188. The number of ether oxygens (including phenoxy) is 1. The van der Waals surface area contributed by atoms with Crippen LogP contribution in [0.5, 0.6) is 5.75 Å². The normalized spacial score (nSPS) is 10.8. The van der Waals surface area contributed by atoms with Gasteiger partial charge in [-0.2, -0.15) is 0 Å². The zero-order chi connectivity index (χ0) is 15.1. The van der Waals surface area contributed by atoms with E-state index in [2.05, 4.69) is 0 Å². The van der Waals surface area contributed by atoms with E-state index in [9.17, 15) is 4.79 Å². The fourth-order valence-electron chi connectivity index (χ4n) is 1.63. The molecule has 0 atom stereocenters. The Kier molecular flexibility index (Phi) is 5.84. The van der Waals surface area contributed by atoms with Crippen molar-refractivity contribution in [2.75, 3.05) is 20.2 Å². The van der Waals surface area contributed by atoms with E-state index in [-0.39, 0.29) is 5.91 Å². The molecule has 2 aromatic rings. The molecule has 21 heavy (non-hydrogen) atoms. The van der Waals surface area contributed by atoms with Gasteiger partial charge in [0.2, 0.25) is 5.91 Å². The van der Waals surface area contributed by atoms with Crippen LogP contribution in [0.1, 0.15) is 4.88 Å². The van der Waals surface area contributed by atoms with Crippen molar-refractivity contribution in [2.24, 2.45) is 0 Å². The molecule has 1 aromatic carbocycles. The van der Waals surface area contributed by atoms with Gasteiger partial charge in [-0.05, 0) is 35.7 Å². The Morgan fingerprint density at radius 1 is 1.38 bits per heavy atom. The van der Waals surface area contributed by atoms with Crippen LogP contribution in [0.2, 0.25) is 5.02 Å². The average molecular weight is 322 g/mol. The number of carbonyl (C=O) groups excluding carboxylic acids is 1. The van der Waals surface area contributed by atoms with Crippen molar-refractivity contribution in [1.82, 2.24) is 4.90 Å². The minimum Gasteiger partial charge on any atom is -0.492 e. The summed E-state index contributed by atoms with van der Waals surface area (Å²) in [6.07, 6.45) is 3.40. The summed E-state index contributed by atoms with van der Waals surface area (Å²) in [7, 11) is 1.75. The number of nitrogens with zero attached hydrogens (tertiary/aromatic N) is 1. The number of rotatable bonds is 6. The Morgan fingerprint density at radius 3 is 2.95 bits per heavy atom. The predicted molar refractivity (Wildman–Crippen MR) is 87.9 cm³/mol. The molecule has 0 saturated heterocycles. The van der Waals surface area contributed by atoms with Gasteiger partial charge in [0, 0.05) is 23.0 Å². The summed E-state index contributed by atoms with van der Waals surface area (Å²) in [5.74, 6) is 0.663. The third-order valence-corrected chi connectivity index (χ3v) is 3.87. The Balaban J connectivity index is 1.76. The number of likely N-dealkylation sites (N-methyl/N-ethyl adjacent to an activating group) is 1. The molecule has 1 aromatic heterocycles. The second-order valence-electron chi connectivity index (χ2n) is 4.41. The van der Waals surface area contributed by atoms with Gasteiger partial charge in [-0.15, -0.1) is 11.3 Å². The van der Waals surface area contributed by atoms with Gasteiger partial charge in [-0.1, -0.05) is 23.7 Å². The number of hydrogen-bond donors (Lipinski definition) is 0. The molecule has 0 radical (unpaired) electrons. The van der Waals surface area contributed by atoms with Crippen molar-refractivity contribution < 1.29 is 9.53 Å². The first-order valence-electron chi connectivity index (χ1n) is 6.50. The molecule has 0 N–H and O–H groups in total. The van der Waals surface area contributed by atoms with Gasteiger partial charge in [0.15, 0.2) is 0 Å². The zero-order valence-electron chi connectivity index (χ0n) is 11.7. The first kappa shape index (κ1) is 15.6. The van der Waals surface area contributed by atoms with Gasteiger partial charge in [0.05, 0.1) is 6.54 Å². The van der Waals surface area contributed by atoms with E-state index in [0.29, 0.717) is 23.9 Å². The highest BCUT2D eigenvalue weighted by molar-refractivity contribution is 7.10. The Hall–Kier alpha value is -1.78. The summed E-state index contributed by atoms with van der Waals surface area (Å²) in [5.41, 5.74) is 0. The van der Waals surface area contributed by atoms with Crippen molar-refractivity contribution in [1.29, 1.82) is 0 Å². The molecule has 0 aliphatic rings. The summed E-state index contributed by atoms with van der Waals surface area (Å²) in [6, 6.07) is 11.1. The van der Waals surface area contributed by atoms with Crippen LogP contribution in [0, 0.1) is 0 Å². The predicted octanol–water partition coefficient (Wildman–Crippen LogP) is 3.95. The van der Waals surface area contributed by atoms with Crippen LogP contribution >= 0.6 is 22.9 Å². The summed E-state index contributed by atoms with van der Waals surface area (Å²) in [4.78, 5) is 14.6. The molecular weight excluding hydrogens is 306 g/mol. The molecule has 0 aliphatic carbocycles. The van der Waals surface area contributed by atoms with Crippen LogP contribution < -0.4 is 4.74 Å². The van der Waals surface area contributed by atoms with Crippen molar-refractivity contribution >= 4 is 34.9 Å². The molecule has 2 rings (SSSR count). The van der Waals surface area contributed by atoms with E-state index in [0.717, 1.165) is 4.88 Å². The molecule has 3 nitrogen and oxygen atoms in total. The van der Waals surface area contributed by atoms with Gasteiger partial charge in [-0.25, -0.2) is 0 Å². The highest BCUT2D eigenvalue weighted by atomic mass is 35.5. The SMILES string of the molecule is CN(CCOc1cccc(Cl)c1)C(=O)/C=C/c1cccs1. The van der Waals surface area contributed by atoms with E-state index < -0.39 is 0 Å². The lowest BCUT2D eigenvalue weighted by molar-refractivity contribution is -0.125. The first-order valence-corrected chi connectivity index (χ1v) is 7.76. The molecule has 0 unspecified atom stereocenters. The zero-order valence-corrected chi connectivity index (χ0v) is 13.2. The van der Waals surface area contributed by atoms with Gasteiger partial charge >= 0.3 is 0 Å². The molecular formula is C16H16ClNO2S. The maximum absolute atomic E-state index is 11.9. The second-order valence-corrected chi connectivity index (χ2v) is 5.83. The third-order valence-electron chi connectivity index (χ3n) is 2.80. The van der Waals surface area contributed by atoms with E-state index in [1.54, 1.807) is 41.5 Å². The number of amides is 1. The monoisotopic (exact) mass is 321 g/mol. The van der Waals surface area contributed by atoms with Gasteiger partial charge in [0.1, 0.15) is 12.4 Å². The maximum atomic E-state index is 11.9. The lowest BCUT2D eigenvalue weighted by Crippen LogP contribution is -2.29. The van der Waals surface area contributed by atoms with Crippen molar-refractivity contribution in [3.63, 3.8) is 0 Å². The first-order chi connectivity index (χ1) is 10.1. The van der Waals surface area contributed by atoms with Crippen molar-refractivity contribution in [3.05, 3.63) is 57.8 Å². The number of halogens is 1. The summed E-state index contributed by atoms with van der Waals surface area (Å²) < 4.78 is 5.56. The summed E-state index contributed by atoms with van der Waals surface area (Å²) in [5, 5.41) is 2.61. The van der Waals surface area contributed by atoms with E-state index in [1.807, 2.05) is 35.7 Å². The molecule has 5 heteroatoms. The number of benzene rings is 1. The van der Waals surface area contributed by atoms with Crippen LogP contribution in [0.15, 0.2) is 47.9 Å². The van der Waals surface area contributed by atoms with Gasteiger partial charge in [-0.3, -0.25) is 4.79 Å². The summed E-state index contributed by atoms with van der Waals surface area (Å²) >= 11 is 7.47. The largest absolute Gasteiger partial charge is 0.492 e. The third kappa shape index (κ3) is 5.25. The molecule has 0 aliphatic heterocycles. The molecule has 0 fully saturated rings. The number of carbonyl (C=O) groups is 1. The Morgan fingerprint density at radius 2 is 2.24 bits per heavy atom. The average Bonchev–Trinajstić information content (AvgIpc) is 2.98. The standard InChI is InChI=1S/C16H16ClNO2S/c1-18(16(19)8-7-15-6-3-11-21-15)9-10-20-14-5-2-4-13(17)12-14/h2-8,11-12H,9-10H2,1H3/b8-7+. The fourth-order valence-corrected chi connectivity index (χ4v) is 2.43. The second kappa shape index (κ2) is 7.86. The van der Waals surface area contributed by atoms with E-state index in [1.165, 1.54) is 0 Å². The van der Waals surface area contributed by atoms with Crippen molar-refractivity contribution in [2.45, 2.75) is 0 Å². The van der Waals surface area contributed by atoms with Crippen LogP contribution in [0.4, 0.5) is 0 Å². The molecule has 110 valence electrons. The van der Waals surface area contributed by atoms with Crippen LogP contribution in [0.25, 0.3) is 6.08 Å². The van der Waals surface area contributed by atoms with Gasteiger partial charge < -0.3 is 9.64 Å². The Labute approximate surface area is 133 Å². The molecule has 0 spiro atoms. The van der Waals surface area contributed by atoms with Crippen LogP contribution in [-0.4, -0.2) is 31.0 Å². The van der Waals surface area contributed by atoms with E-state index in [4.69, 9.17) is 16.3 Å². The smallest absolute Gasteiger partial charge is 0.246 e. The minimum absolute atomic E-state index is 0.0434. The topological polar surface area (TPSA) is 29.5 Å². The lowest BCUT2D eigenvalue weighted by Gasteiger charge is -2.15. The molecule has 0 bridgehead atoms. The minimum atomic E-state index is -0.0434. The quantitative estimate of drug-likeness (QED) is 0.754. The lowest BCUT2D eigenvalue weighted by atomic mass is 10.3. The Bertz CT molecular complexity index is 610. The maximum Gasteiger partial charge on any atom is 0.246 e. The van der Waals surface area contributed by atoms with Gasteiger partial charge in [0.25, 0.3) is 0 Å². The highest BCUT2D eigenvalue weighted by Crippen LogP contribution is 2.17. The van der Waals surface area contributed by atoms with E-state index >= 15 is 0 Å².